The van der Waals surface area contributed by atoms with E-state index in [1.807, 2.05) is 43.8 Å². The van der Waals surface area contributed by atoms with Crippen molar-refractivity contribution in [3.8, 4) is 17.0 Å². The molecule has 2 aromatic carbocycles. The predicted molar refractivity (Wildman–Crippen MR) is 128 cm³/mol. The van der Waals surface area contributed by atoms with Gasteiger partial charge in [0.05, 0.1) is 27.7 Å². The molecule has 32 heavy (non-hydrogen) atoms. The van der Waals surface area contributed by atoms with E-state index >= 15 is 0 Å². The number of hydrogen-bond donors (Lipinski definition) is 2. The van der Waals surface area contributed by atoms with Crippen molar-refractivity contribution in [2.45, 2.75) is 19.9 Å². The van der Waals surface area contributed by atoms with Crippen LogP contribution in [0.25, 0.3) is 44.0 Å². The number of fused-ring (bicyclic) bond motifs is 5. The maximum Gasteiger partial charge on any atom is 0.261 e. The molecule has 0 atom stereocenters. The van der Waals surface area contributed by atoms with E-state index in [-0.39, 0.29) is 11.3 Å². The Kier molecular flexibility index (Phi) is 4.90. The van der Waals surface area contributed by atoms with Gasteiger partial charge in [0.25, 0.3) is 5.56 Å². The second-order valence-corrected chi connectivity index (χ2v) is 8.42. The van der Waals surface area contributed by atoms with Crippen molar-refractivity contribution in [2.75, 3.05) is 20.6 Å². The first-order chi connectivity index (χ1) is 15.5. The lowest BCUT2D eigenvalue weighted by molar-refractivity contribution is 0.387. The molecule has 0 saturated carbocycles. The monoisotopic (exact) mass is 427 g/mol. The molecule has 0 fully saturated rings. The van der Waals surface area contributed by atoms with Crippen LogP contribution in [0.5, 0.6) is 5.75 Å². The lowest BCUT2D eigenvalue weighted by Crippen LogP contribution is -2.24. The number of phenolic OH excluding ortho intramolecular Hbond substituents is 1. The van der Waals surface area contributed by atoms with E-state index in [1.165, 1.54) is 0 Å². The zero-order valence-corrected chi connectivity index (χ0v) is 18.4. The van der Waals surface area contributed by atoms with E-state index in [0.29, 0.717) is 23.3 Å². The number of aromatic amines is 1. The van der Waals surface area contributed by atoms with Crippen LogP contribution in [0.2, 0.25) is 0 Å². The van der Waals surface area contributed by atoms with Gasteiger partial charge < -0.3 is 14.6 Å². The van der Waals surface area contributed by atoms with Crippen LogP contribution in [0.4, 0.5) is 0 Å². The van der Waals surface area contributed by atoms with Crippen LogP contribution in [0.1, 0.15) is 12.1 Å². The molecular weight excluding hydrogens is 402 g/mol. The van der Waals surface area contributed by atoms with Crippen LogP contribution < -0.4 is 5.56 Å². The highest BCUT2D eigenvalue weighted by atomic mass is 16.3. The van der Waals surface area contributed by atoms with Crippen molar-refractivity contribution in [2.24, 2.45) is 0 Å². The van der Waals surface area contributed by atoms with Crippen molar-refractivity contribution < 1.29 is 5.11 Å². The molecule has 7 nitrogen and oxygen atoms in total. The summed E-state index contributed by atoms with van der Waals surface area (Å²) in [7, 11) is 4.07. The van der Waals surface area contributed by atoms with E-state index in [2.05, 4.69) is 21.2 Å². The average Bonchev–Trinajstić information content (AvgIpc) is 3.16. The number of nitrogens with zero attached hydrogens (tertiary/aromatic N) is 4. The maximum atomic E-state index is 14.0. The number of aromatic hydroxyl groups is 1. The highest BCUT2D eigenvalue weighted by Gasteiger charge is 2.21. The Labute approximate surface area is 184 Å². The minimum absolute atomic E-state index is 0.0597. The van der Waals surface area contributed by atoms with E-state index in [0.717, 1.165) is 45.9 Å². The smallest absolute Gasteiger partial charge is 0.261 e. The summed E-state index contributed by atoms with van der Waals surface area (Å²) < 4.78 is 1.87. The Morgan fingerprint density at radius 1 is 1.03 bits per heavy atom. The molecule has 0 spiro atoms. The minimum atomic E-state index is -0.0597. The SMILES string of the molecule is Cc1n[nH]c2nc(-c3ccc(O)cc3)c3c(=O)n(CCCN(C)C)c4ccccc4c3c12. The molecule has 0 radical (unpaired) electrons. The number of pyridine rings is 2. The summed E-state index contributed by atoms with van der Waals surface area (Å²) in [5.74, 6) is 0.170. The van der Waals surface area contributed by atoms with E-state index in [1.54, 1.807) is 24.3 Å². The van der Waals surface area contributed by atoms with Gasteiger partial charge in [-0.1, -0.05) is 18.2 Å². The molecule has 0 saturated heterocycles. The molecule has 0 amide bonds. The average molecular weight is 428 g/mol. The van der Waals surface area contributed by atoms with Crippen LogP contribution in [0.3, 0.4) is 0 Å². The van der Waals surface area contributed by atoms with E-state index in [4.69, 9.17) is 4.98 Å². The van der Waals surface area contributed by atoms with Gasteiger partial charge in [0.1, 0.15) is 5.75 Å². The Balaban J connectivity index is 1.93. The van der Waals surface area contributed by atoms with Crippen molar-refractivity contribution in [1.82, 2.24) is 24.6 Å². The number of phenols is 1. The summed E-state index contributed by atoms with van der Waals surface area (Å²) in [6.07, 6.45) is 0.858. The molecule has 0 unspecified atom stereocenters. The maximum absolute atomic E-state index is 14.0. The Morgan fingerprint density at radius 3 is 2.53 bits per heavy atom. The third-order valence-corrected chi connectivity index (χ3v) is 5.94. The van der Waals surface area contributed by atoms with Gasteiger partial charge in [-0.15, -0.1) is 0 Å². The van der Waals surface area contributed by atoms with Crippen molar-refractivity contribution in [1.29, 1.82) is 0 Å². The number of H-pyrrole nitrogens is 1. The van der Waals surface area contributed by atoms with Crippen LogP contribution in [-0.2, 0) is 6.54 Å². The van der Waals surface area contributed by atoms with Gasteiger partial charge in [0.15, 0.2) is 5.65 Å². The van der Waals surface area contributed by atoms with Gasteiger partial charge in [0, 0.05) is 22.9 Å². The fraction of sp³-hybridized carbons (Fsp3) is 0.240. The van der Waals surface area contributed by atoms with Gasteiger partial charge in [0.2, 0.25) is 0 Å². The third-order valence-electron chi connectivity index (χ3n) is 5.94. The number of aryl methyl sites for hydroxylation is 2. The zero-order valence-electron chi connectivity index (χ0n) is 18.4. The first-order valence-electron chi connectivity index (χ1n) is 10.7. The highest BCUT2D eigenvalue weighted by molar-refractivity contribution is 6.21. The normalized spacial score (nSPS) is 11.9. The summed E-state index contributed by atoms with van der Waals surface area (Å²) >= 11 is 0. The zero-order chi connectivity index (χ0) is 22.4. The molecule has 5 rings (SSSR count). The number of nitrogens with one attached hydrogen (secondary N) is 1. The lowest BCUT2D eigenvalue weighted by Gasteiger charge is -2.17. The fourth-order valence-electron chi connectivity index (χ4n) is 4.45. The summed E-state index contributed by atoms with van der Waals surface area (Å²) in [6.45, 7) is 3.43. The number of hydrogen-bond acceptors (Lipinski definition) is 5. The summed E-state index contributed by atoms with van der Waals surface area (Å²) in [5.41, 5.74) is 3.67. The van der Waals surface area contributed by atoms with E-state index in [9.17, 15) is 9.90 Å². The van der Waals surface area contributed by atoms with Crippen LogP contribution in [0.15, 0.2) is 53.3 Å². The predicted octanol–water partition coefficient (Wildman–Crippen LogP) is 4.06. The topological polar surface area (TPSA) is 87.0 Å². The van der Waals surface area contributed by atoms with Crippen LogP contribution in [-0.4, -0.2) is 50.4 Å². The van der Waals surface area contributed by atoms with Gasteiger partial charge in [-0.2, -0.15) is 5.10 Å². The van der Waals surface area contributed by atoms with Crippen LogP contribution in [0, 0.1) is 6.92 Å². The number of rotatable bonds is 5. The molecule has 162 valence electrons. The molecule has 3 heterocycles. The van der Waals surface area contributed by atoms with Crippen molar-refractivity contribution in [3.05, 3.63) is 64.6 Å². The standard InChI is InChI=1S/C25H25N5O2/c1-15-20-21-18-7-4-5-8-19(18)30(14-6-13-29(2)3)25(32)22(21)23(26-24(20)28-27-15)16-9-11-17(31)12-10-16/h4-5,7-12,31H,6,13-14H2,1-3H3,(H,26,27,28). The van der Waals surface area contributed by atoms with Gasteiger partial charge in [-0.3, -0.25) is 9.89 Å². The Morgan fingerprint density at radius 2 is 1.78 bits per heavy atom. The van der Waals surface area contributed by atoms with Gasteiger partial charge in [-0.25, -0.2) is 4.98 Å². The number of aromatic nitrogens is 4. The van der Waals surface area contributed by atoms with Gasteiger partial charge in [-0.05, 0) is 64.3 Å². The summed E-state index contributed by atoms with van der Waals surface area (Å²) in [4.78, 5) is 20.9. The molecular formula is C25H25N5O2. The molecule has 0 aliphatic rings. The highest BCUT2D eigenvalue weighted by Crippen LogP contribution is 2.36. The van der Waals surface area contributed by atoms with E-state index < -0.39 is 0 Å². The minimum Gasteiger partial charge on any atom is -0.508 e. The summed E-state index contributed by atoms with van der Waals surface area (Å²) in [6, 6.07) is 14.8. The second-order valence-electron chi connectivity index (χ2n) is 8.42. The van der Waals surface area contributed by atoms with Crippen molar-refractivity contribution >= 4 is 32.7 Å². The Hall–Kier alpha value is -3.71. The largest absolute Gasteiger partial charge is 0.508 e. The molecule has 0 aliphatic heterocycles. The van der Waals surface area contributed by atoms with Gasteiger partial charge >= 0.3 is 0 Å². The molecule has 0 bridgehead atoms. The molecule has 5 aromatic rings. The number of para-hydroxylation sites is 1. The first-order valence-corrected chi connectivity index (χ1v) is 10.7. The third kappa shape index (κ3) is 3.22. The molecule has 2 N–H and O–H groups in total. The summed E-state index contributed by atoms with van der Waals surface area (Å²) in [5, 5.41) is 20.5. The molecule has 3 aromatic heterocycles. The van der Waals surface area contributed by atoms with Crippen LogP contribution >= 0.6 is 0 Å². The number of benzene rings is 2. The molecule has 0 aliphatic carbocycles. The van der Waals surface area contributed by atoms with Crippen molar-refractivity contribution in [3.63, 3.8) is 0 Å². The second kappa shape index (κ2) is 7.76. The fourth-order valence-corrected chi connectivity index (χ4v) is 4.45. The first kappa shape index (κ1) is 20.2. The lowest BCUT2D eigenvalue weighted by atomic mass is 9.98. The molecule has 7 heteroatoms. The Bertz CT molecular complexity index is 1510. The quantitative estimate of drug-likeness (QED) is 0.413.